The van der Waals surface area contributed by atoms with E-state index in [9.17, 15) is 4.79 Å². The molecule has 0 bridgehead atoms. The van der Waals surface area contributed by atoms with Gasteiger partial charge in [-0.25, -0.2) is 4.98 Å². The van der Waals surface area contributed by atoms with Gasteiger partial charge in [-0.2, -0.15) is 0 Å². The van der Waals surface area contributed by atoms with Crippen LogP contribution in [0.1, 0.15) is 32.4 Å². The zero-order valence-corrected chi connectivity index (χ0v) is 14.5. The van der Waals surface area contributed by atoms with E-state index in [0.717, 1.165) is 17.9 Å². The Morgan fingerprint density at radius 1 is 1.38 bits per heavy atom. The Morgan fingerprint density at radius 2 is 2.12 bits per heavy atom. The van der Waals surface area contributed by atoms with Crippen LogP contribution in [0.2, 0.25) is 0 Å². The molecule has 0 spiro atoms. The predicted octanol–water partition coefficient (Wildman–Crippen LogP) is 2.71. The highest BCUT2D eigenvalue weighted by molar-refractivity contribution is 5.76. The summed E-state index contributed by atoms with van der Waals surface area (Å²) in [6, 6.07) is 10.0. The normalized spacial score (nSPS) is 21.8. The van der Waals surface area contributed by atoms with Gasteiger partial charge in [0.05, 0.1) is 6.33 Å². The van der Waals surface area contributed by atoms with Crippen molar-refractivity contribution in [3.8, 4) is 5.75 Å². The molecule has 1 N–H and O–H groups in total. The summed E-state index contributed by atoms with van der Waals surface area (Å²) in [5.74, 6) is 0.976. The monoisotopic (exact) mass is 327 g/mol. The molecule has 0 saturated heterocycles. The molecule has 1 amide bonds. The number of aryl methyl sites for hydroxylation is 2. The molecular weight excluding hydrogens is 302 g/mol. The predicted molar refractivity (Wildman–Crippen MR) is 92.7 cm³/mol. The minimum atomic E-state index is -0.0714. The number of para-hydroxylation sites is 1. The van der Waals surface area contributed by atoms with Crippen molar-refractivity contribution in [2.75, 3.05) is 0 Å². The molecule has 1 saturated carbocycles. The Labute approximate surface area is 143 Å². The molecule has 3 rings (SSSR count). The SMILES string of the molecule is Cn1cncc1CCC(=O)N[C@H]1C[C@@H](Oc2ccccc2)C1(C)C. The van der Waals surface area contributed by atoms with Crippen molar-refractivity contribution in [3.05, 3.63) is 48.5 Å². The Morgan fingerprint density at radius 3 is 2.75 bits per heavy atom. The first kappa shape index (κ1) is 16.6. The molecule has 1 aromatic carbocycles. The summed E-state index contributed by atoms with van der Waals surface area (Å²) < 4.78 is 8.00. The van der Waals surface area contributed by atoms with Crippen molar-refractivity contribution in [1.29, 1.82) is 0 Å². The Kier molecular flexibility index (Phi) is 4.60. The van der Waals surface area contributed by atoms with E-state index in [1.807, 2.05) is 48.1 Å². The van der Waals surface area contributed by atoms with E-state index in [1.54, 1.807) is 6.33 Å². The van der Waals surface area contributed by atoms with E-state index in [-0.39, 0.29) is 23.5 Å². The van der Waals surface area contributed by atoms with Gasteiger partial charge in [0.25, 0.3) is 0 Å². The number of carbonyl (C=O) groups excluding carboxylic acids is 1. The Balaban J connectivity index is 1.48. The molecule has 1 heterocycles. The molecular formula is C19H25N3O2. The van der Waals surface area contributed by atoms with Gasteiger partial charge in [0.15, 0.2) is 0 Å². The summed E-state index contributed by atoms with van der Waals surface area (Å²) in [4.78, 5) is 16.3. The third-order valence-corrected chi connectivity index (χ3v) is 5.06. The third-order valence-electron chi connectivity index (χ3n) is 5.06. The second-order valence-electron chi connectivity index (χ2n) is 7.09. The number of benzene rings is 1. The standard InChI is InChI=1S/C19H25N3O2/c1-19(2)16(11-17(19)24-15-7-5-4-6-8-15)21-18(23)10-9-14-12-20-13-22(14)3/h4-8,12-13,16-17H,9-11H2,1-3H3,(H,21,23)/t16-,17+/m0/s1. The van der Waals surface area contributed by atoms with Crippen LogP contribution >= 0.6 is 0 Å². The van der Waals surface area contributed by atoms with Crippen LogP contribution < -0.4 is 10.1 Å². The number of hydrogen-bond donors (Lipinski definition) is 1. The lowest BCUT2D eigenvalue weighted by Crippen LogP contribution is -2.63. The largest absolute Gasteiger partial charge is 0.490 e. The molecule has 2 aromatic rings. The number of carbonyl (C=O) groups is 1. The lowest BCUT2D eigenvalue weighted by atomic mass is 9.64. The van der Waals surface area contributed by atoms with Crippen LogP contribution in [0.15, 0.2) is 42.9 Å². The average Bonchev–Trinajstić information content (AvgIpc) is 2.98. The molecule has 1 aliphatic carbocycles. The maximum Gasteiger partial charge on any atom is 0.220 e. The van der Waals surface area contributed by atoms with Gasteiger partial charge in [0, 0.05) is 43.2 Å². The molecule has 1 fully saturated rings. The number of amides is 1. The molecule has 2 atom stereocenters. The lowest BCUT2D eigenvalue weighted by molar-refractivity contribution is -0.127. The quantitative estimate of drug-likeness (QED) is 0.887. The molecule has 0 unspecified atom stereocenters. The molecule has 24 heavy (non-hydrogen) atoms. The molecule has 5 heteroatoms. The van der Waals surface area contributed by atoms with E-state index in [0.29, 0.717) is 12.8 Å². The minimum Gasteiger partial charge on any atom is -0.490 e. The van der Waals surface area contributed by atoms with Crippen molar-refractivity contribution in [2.45, 2.75) is 45.3 Å². The Hall–Kier alpha value is -2.30. The zero-order valence-electron chi connectivity index (χ0n) is 14.5. The minimum absolute atomic E-state index is 0.0714. The molecule has 0 aliphatic heterocycles. The molecule has 128 valence electrons. The molecule has 1 aliphatic rings. The molecule has 1 aromatic heterocycles. The first-order valence-corrected chi connectivity index (χ1v) is 8.43. The molecule has 0 radical (unpaired) electrons. The van der Waals surface area contributed by atoms with Gasteiger partial charge in [-0.3, -0.25) is 4.79 Å². The summed E-state index contributed by atoms with van der Waals surface area (Å²) >= 11 is 0. The lowest BCUT2D eigenvalue weighted by Gasteiger charge is -2.51. The van der Waals surface area contributed by atoms with Crippen molar-refractivity contribution in [3.63, 3.8) is 0 Å². The van der Waals surface area contributed by atoms with Crippen LogP contribution in [-0.4, -0.2) is 27.6 Å². The zero-order chi connectivity index (χ0) is 17.2. The number of imidazole rings is 1. The summed E-state index contributed by atoms with van der Waals surface area (Å²) in [6.07, 6.45) is 5.73. The number of ether oxygens (including phenoxy) is 1. The van der Waals surface area contributed by atoms with Gasteiger partial charge >= 0.3 is 0 Å². The van der Waals surface area contributed by atoms with Crippen LogP contribution in [0.3, 0.4) is 0 Å². The van der Waals surface area contributed by atoms with Crippen LogP contribution in [0.5, 0.6) is 5.75 Å². The number of rotatable bonds is 6. The van der Waals surface area contributed by atoms with Crippen molar-refractivity contribution in [2.24, 2.45) is 12.5 Å². The highest BCUT2D eigenvalue weighted by Gasteiger charge is 2.50. The van der Waals surface area contributed by atoms with E-state index in [1.165, 1.54) is 0 Å². The maximum atomic E-state index is 12.2. The fourth-order valence-electron chi connectivity index (χ4n) is 3.13. The first-order valence-electron chi connectivity index (χ1n) is 8.43. The number of nitrogens with one attached hydrogen (secondary N) is 1. The second kappa shape index (κ2) is 6.67. The summed E-state index contributed by atoms with van der Waals surface area (Å²) in [6.45, 7) is 4.30. The van der Waals surface area contributed by atoms with E-state index in [2.05, 4.69) is 24.1 Å². The Bertz CT molecular complexity index is 694. The third kappa shape index (κ3) is 3.45. The van der Waals surface area contributed by atoms with Gasteiger partial charge in [-0.15, -0.1) is 0 Å². The summed E-state index contributed by atoms with van der Waals surface area (Å²) in [7, 11) is 1.95. The van der Waals surface area contributed by atoms with Gasteiger partial charge in [0.2, 0.25) is 5.91 Å². The van der Waals surface area contributed by atoms with E-state index in [4.69, 9.17) is 4.74 Å². The van der Waals surface area contributed by atoms with Crippen molar-refractivity contribution in [1.82, 2.24) is 14.9 Å². The fraction of sp³-hybridized carbons (Fsp3) is 0.474. The van der Waals surface area contributed by atoms with Gasteiger partial charge < -0.3 is 14.6 Å². The highest BCUT2D eigenvalue weighted by Crippen LogP contribution is 2.43. The number of nitrogens with zero attached hydrogens (tertiary/aromatic N) is 2. The van der Waals surface area contributed by atoms with Gasteiger partial charge in [0.1, 0.15) is 11.9 Å². The maximum absolute atomic E-state index is 12.2. The van der Waals surface area contributed by atoms with E-state index < -0.39 is 0 Å². The van der Waals surface area contributed by atoms with Crippen LogP contribution in [0.25, 0.3) is 0 Å². The smallest absolute Gasteiger partial charge is 0.220 e. The first-order chi connectivity index (χ1) is 11.5. The number of hydrogen-bond acceptors (Lipinski definition) is 3. The molecule has 5 nitrogen and oxygen atoms in total. The van der Waals surface area contributed by atoms with Crippen LogP contribution in [-0.2, 0) is 18.3 Å². The highest BCUT2D eigenvalue weighted by atomic mass is 16.5. The fourth-order valence-corrected chi connectivity index (χ4v) is 3.13. The average molecular weight is 327 g/mol. The van der Waals surface area contributed by atoms with Gasteiger partial charge in [-0.1, -0.05) is 32.0 Å². The second-order valence-corrected chi connectivity index (χ2v) is 7.09. The van der Waals surface area contributed by atoms with Gasteiger partial charge in [-0.05, 0) is 18.6 Å². The van der Waals surface area contributed by atoms with Crippen LogP contribution in [0, 0.1) is 5.41 Å². The topological polar surface area (TPSA) is 56.2 Å². The van der Waals surface area contributed by atoms with Crippen LogP contribution in [0.4, 0.5) is 0 Å². The van der Waals surface area contributed by atoms with Crippen molar-refractivity contribution >= 4 is 5.91 Å². The summed E-state index contributed by atoms with van der Waals surface area (Å²) in [5.41, 5.74) is 1.00. The summed E-state index contributed by atoms with van der Waals surface area (Å²) in [5, 5.41) is 3.16. The van der Waals surface area contributed by atoms with E-state index >= 15 is 0 Å². The van der Waals surface area contributed by atoms with Crippen molar-refractivity contribution < 1.29 is 9.53 Å². The number of aromatic nitrogens is 2.